The van der Waals surface area contributed by atoms with Crippen LogP contribution in [0.3, 0.4) is 0 Å². The maximum Gasteiger partial charge on any atom is 0.137 e. The van der Waals surface area contributed by atoms with Gasteiger partial charge >= 0.3 is 0 Å². The number of rotatable bonds is 8. The number of benzene rings is 12. The topological polar surface area (TPSA) is 32.8 Å². The largest absolute Gasteiger partial charge is 0.456 e. The Morgan fingerprint density at radius 3 is 1.00 bits per heavy atom. The van der Waals surface area contributed by atoms with E-state index in [9.17, 15) is 0 Å². The molecule has 0 aliphatic rings. The molecule has 0 amide bonds. The second-order valence-corrected chi connectivity index (χ2v) is 21.7. The van der Waals surface area contributed by atoms with E-state index in [0.29, 0.717) is 0 Å². The maximum absolute atomic E-state index is 7.18. The van der Waals surface area contributed by atoms with Crippen molar-refractivity contribution in [1.29, 1.82) is 0 Å². The van der Waals surface area contributed by atoms with E-state index in [-0.39, 0.29) is 0 Å². The third-order valence-electron chi connectivity index (χ3n) is 15.2. The summed E-state index contributed by atoms with van der Waals surface area (Å²) >= 11 is 3.68. The van der Waals surface area contributed by atoms with Gasteiger partial charge in [-0.05, 0) is 119 Å². The quantitative estimate of drug-likeness (QED) is 0.152. The Labute approximate surface area is 444 Å². The lowest BCUT2D eigenvalue weighted by Gasteiger charge is -2.25. The van der Waals surface area contributed by atoms with Crippen molar-refractivity contribution in [3.8, 4) is 22.3 Å². The molecular formula is C70H42N2O2S2. The highest BCUT2D eigenvalue weighted by Crippen LogP contribution is 2.51. The number of para-hydroxylation sites is 2. The summed E-state index contributed by atoms with van der Waals surface area (Å²) in [7, 11) is 0. The molecule has 16 rings (SSSR count). The van der Waals surface area contributed by atoms with Gasteiger partial charge in [-0.1, -0.05) is 146 Å². The molecule has 4 heterocycles. The summed E-state index contributed by atoms with van der Waals surface area (Å²) in [6, 6.07) is 91.8. The molecule has 0 N–H and O–H groups in total. The zero-order chi connectivity index (χ0) is 49.8. The van der Waals surface area contributed by atoms with E-state index in [2.05, 4.69) is 265 Å². The first-order chi connectivity index (χ1) is 37.7. The Kier molecular flexibility index (Phi) is 9.64. The van der Waals surface area contributed by atoms with Gasteiger partial charge < -0.3 is 18.6 Å². The second-order valence-electron chi connectivity index (χ2n) is 19.5. The van der Waals surface area contributed by atoms with E-state index < -0.39 is 0 Å². The van der Waals surface area contributed by atoms with Crippen LogP contribution in [0.1, 0.15) is 0 Å². The molecule has 0 aliphatic heterocycles. The molecule has 0 radical (unpaired) electrons. The van der Waals surface area contributed by atoms with E-state index in [1.54, 1.807) is 0 Å². The van der Waals surface area contributed by atoms with Crippen molar-refractivity contribution >= 4 is 152 Å². The SMILES string of the molecule is c1ccc(-c2c3cc4oc5cc(N(c6ccccc6)c6ccc7c(c6)sc6ccccc67)ccc5c4c(-c4ccccc4)c3cc3oc4cc(N(c5ccccc5)c5ccc6c(c5)sc5ccccc56)ccc4c23)cc1. The summed E-state index contributed by atoms with van der Waals surface area (Å²) < 4.78 is 19.5. The monoisotopic (exact) mass is 1010 g/mol. The summed E-state index contributed by atoms with van der Waals surface area (Å²) in [5.41, 5.74) is 14.1. The van der Waals surface area contributed by atoms with Gasteiger partial charge in [0, 0.05) is 119 Å². The maximum atomic E-state index is 7.18. The highest BCUT2D eigenvalue weighted by Gasteiger charge is 2.25. The molecule has 356 valence electrons. The van der Waals surface area contributed by atoms with Crippen LogP contribution >= 0.6 is 22.7 Å². The smallest absolute Gasteiger partial charge is 0.137 e. The average molecular weight is 1010 g/mol. The van der Waals surface area contributed by atoms with Crippen LogP contribution in [0, 0.1) is 0 Å². The minimum atomic E-state index is 0.821. The van der Waals surface area contributed by atoms with E-state index >= 15 is 0 Å². The van der Waals surface area contributed by atoms with Crippen LogP contribution in [0.5, 0.6) is 0 Å². The predicted molar refractivity (Wildman–Crippen MR) is 325 cm³/mol. The number of thiophene rings is 2. The Morgan fingerprint density at radius 1 is 0.237 bits per heavy atom. The minimum absolute atomic E-state index is 0.821. The Hall–Kier alpha value is -9.46. The minimum Gasteiger partial charge on any atom is -0.456 e. The molecule has 6 heteroatoms. The van der Waals surface area contributed by atoms with Gasteiger partial charge in [0.05, 0.1) is 0 Å². The van der Waals surface area contributed by atoms with Gasteiger partial charge in [-0.15, -0.1) is 22.7 Å². The summed E-state index contributed by atoms with van der Waals surface area (Å²) in [4.78, 5) is 4.68. The number of furan rings is 2. The predicted octanol–water partition coefficient (Wildman–Crippen LogP) is 21.6. The summed E-state index contributed by atoms with van der Waals surface area (Å²) in [6.07, 6.45) is 0. The van der Waals surface area contributed by atoms with Gasteiger partial charge in [-0.25, -0.2) is 0 Å². The highest BCUT2D eigenvalue weighted by atomic mass is 32.1. The van der Waals surface area contributed by atoms with Crippen LogP contribution in [0.25, 0.3) is 117 Å². The third-order valence-corrected chi connectivity index (χ3v) is 17.5. The summed E-state index contributed by atoms with van der Waals surface area (Å²) in [5.74, 6) is 0. The van der Waals surface area contributed by atoms with Crippen LogP contribution < -0.4 is 9.80 Å². The Balaban J connectivity index is 0.909. The Bertz CT molecular complexity index is 4630. The molecule has 76 heavy (non-hydrogen) atoms. The number of hydrogen-bond donors (Lipinski definition) is 0. The van der Waals surface area contributed by atoms with E-state index in [1.807, 2.05) is 22.7 Å². The molecule has 0 bridgehead atoms. The molecule has 0 atom stereocenters. The number of nitrogens with zero attached hydrogens (tertiary/aromatic N) is 2. The average Bonchev–Trinajstić information content (AvgIpc) is 4.27. The van der Waals surface area contributed by atoms with Crippen LogP contribution in [0.4, 0.5) is 34.1 Å². The van der Waals surface area contributed by atoms with Crippen molar-refractivity contribution in [1.82, 2.24) is 0 Å². The molecule has 0 saturated heterocycles. The van der Waals surface area contributed by atoms with Gasteiger partial charge in [-0.2, -0.15) is 0 Å². The molecule has 0 saturated carbocycles. The fourth-order valence-electron chi connectivity index (χ4n) is 11.9. The molecule has 0 fully saturated rings. The van der Waals surface area contributed by atoms with Crippen molar-refractivity contribution in [2.45, 2.75) is 0 Å². The zero-order valence-corrected chi connectivity index (χ0v) is 42.4. The van der Waals surface area contributed by atoms with Gasteiger partial charge in [0.2, 0.25) is 0 Å². The van der Waals surface area contributed by atoms with Gasteiger partial charge in [0.1, 0.15) is 22.3 Å². The van der Waals surface area contributed by atoms with Crippen LogP contribution in [0.15, 0.2) is 264 Å². The standard InChI is InChI=1S/C70H42N2O2S2/c1-5-17-43(18-6-1)67-57-41-62-70(56-36-32-48(38-60(56)74-62)72(46-23-11-4-12-24-46)50-30-34-54-52-26-14-16-28-64(52)76-66(54)40-50)68(44-19-7-2-8-20-44)58(57)42-61-69(67)55-35-31-47(37-59(55)73-61)71(45-21-9-3-10-22-45)49-29-33-53-51-25-13-15-27-63(51)75-65(53)39-49/h1-42H. The number of anilines is 6. The van der Waals surface area contributed by atoms with Crippen LogP contribution in [-0.2, 0) is 0 Å². The molecule has 0 unspecified atom stereocenters. The van der Waals surface area contributed by atoms with E-state index in [1.165, 1.54) is 40.3 Å². The normalized spacial score (nSPS) is 11.9. The lowest BCUT2D eigenvalue weighted by Crippen LogP contribution is -2.09. The van der Waals surface area contributed by atoms with Crippen molar-refractivity contribution in [2.24, 2.45) is 0 Å². The second kappa shape index (κ2) is 17.0. The van der Waals surface area contributed by atoms with Crippen molar-refractivity contribution in [3.63, 3.8) is 0 Å². The summed E-state index contributed by atoms with van der Waals surface area (Å²) in [6.45, 7) is 0. The third kappa shape index (κ3) is 6.75. The highest BCUT2D eigenvalue weighted by molar-refractivity contribution is 7.26. The molecule has 4 aromatic heterocycles. The van der Waals surface area contributed by atoms with Crippen molar-refractivity contribution < 1.29 is 8.83 Å². The van der Waals surface area contributed by atoms with E-state index in [0.717, 1.165) is 111 Å². The number of hydrogen-bond acceptors (Lipinski definition) is 6. The Morgan fingerprint density at radius 2 is 0.579 bits per heavy atom. The fourth-order valence-corrected chi connectivity index (χ4v) is 14.1. The molecule has 12 aromatic carbocycles. The van der Waals surface area contributed by atoms with Crippen LogP contribution in [-0.4, -0.2) is 0 Å². The molecule has 0 aliphatic carbocycles. The van der Waals surface area contributed by atoms with Crippen molar-refractivity contribution in [2.75, 3.05) is 9.80 Å². The van der Waals surface area contributed by atoms with Gasteiger partial charge in [-0.3, -0.25) is 0 Å². The molecule has 16 aromatic rings. The fraction of sp³-hybridized carbons (Fsp3) is 0. The number of fused-ring (bicyclic) bond motifs is 13. The zero-order valence-electron chi connectivity index (χ0n) is 40.8. The lowest BCUT2D eigenvalue weighted by atomic mass is 9.87. The molecule has 0 spiro atoms. The van der Waals surface area contributed by atoms with E-state index in [4.69, 9.17) is 8.83 Å². The van der Waals surface area contributed by atoms with Crippen molar-refractivity contribution in [3.05, 3.63) is 255 Å². The van der Waals surface area contributed by atoms with Gasteiger partial charge in [0.15, 0.2) is 0 Å². The molecule has 4 nitrogen and oxygen atoms in total. The summed E-state index contributed by atoms with van der Waals surface area (Å²) in [5, 5.41) is 11.6. The molecular weight excluding hydrogens is 965 g/mol. The first-order valence-electron chi connectivity index (χ1n) is 25.6. The first-order valence-corrected chi connectivity index (χ1v) is 27.3. The lowest BCUT2D eigenvalue weighted by molar-refractivity contribution is 0.668. The van der Waals surface area contributed by atoms with Crippen LogP contribution in [0.2, 0.25) is 0 Å². The first kappa shape index (κ1) is 43.0. The van der Waals surface area contributed by atoms with Gasteiger partial charge in [0.25, 0.3) is 0 Å².